The smallest absolute Gasteiger partial charge is 0.260 e. The summed E-state index contributed by atoms with van der Waals surface area (Å²) >= 11 is 6.21. The van der Waals surface area contributed by atoms with Crippen LogP contribution in [0.15, 0.2) is 54.7 Å². The van der Waals surface area contributed by atoms with E-state index < -0.39 is 0 Å². The van der Waals surface area contributed by atoms with E-state index in [1.54, 1.807) is 25.4 Å². The predicted molar refractivity (Wildman–Crippen MR) is 114 cm³/mol. The van der Waals surface area contributed by atoms with Crippen LogP contribution < -0.4 is 14.4 Å². The number of ether oxygens (including phenoxy) is 2. The van der Waals surface area contributed by atoms with Crippen molar-refractivity contribution in [1.82, 2.24) is 9.88 Å². The third-order valence-electron chi connectivity index (χ3n) is 5.10. The monoisotopic (exact) mass is 411 g/mol. The van der Waals surface area contributed by atoms with Crippen molar-refractivity contribution in [2.75, 3.05) is 44.8 Å². The summed E-state index contributed by atoms with van der Waals surface area (Å²) in [5, 5.41) is 1.42. The maximum Gasteiger partial charge on any atom is 0.260 e. The SMILES string of the molecule is COc1ccc(N2CCN(C(=O)COc3ccc(Cl)c4cccnc34)CC2)cc1. The molecule has 0 bridgehead atoms. The quantitative estimate of drug-likeness (QED) is 0.641. The highest BCUT2D eigenvalue weighted by molar-refractivity contribution is 6.35. The molecule has 4 rings (SSSR count). The van der Waals surface area contributed by atoms with E-state index in [1.807, 2.05) is 41.3 Å². The number of carbonyl (C=O) groups is 1. The van der Waals surface area contributed by atoms with Crippen LogP contribution in [0.5, 0.6) is 11.5 Å². The fraction of sp³-hybridized carbons (Fsp3) is 0.273. The van der Waals surface area contributed by atoms with Gasteiger partial charge in [0.1, 0.15) is 17.0 Å². The van der Waals surface area contributed by atoms with E-state index >= 15 is 0 Å². The average molecular weight is 412 g/mol. The van der Waals surface area contributed by atoms with E-state index in [4.69, 9.17) is 21.1 Å². The zero-order chi connectivity index (χ0) is 20.2. The first-order chi connectivity index (χ1) is 14.2. The molecule has 3 aromatic rings. The van der Waals surface area contributed by atoms with Crippen molar-refractivity contribution in [2.45, 2.75) is 0 Å². The minimum atomic E-state index is -0.0292. The summed E-state index contributed by atoms with van der Waals surface area (Å²) in [5.74, 6) is 1.37. The summed E-state index contributed by atoms with van der Waals surface area (Å²) in [5.41, 5.74) is 1.80. The standard InChI is InChI=1S/C22H22ClN3O3/c1-28-17-6-4-16(5-7-17)25-11-13-26(14-12-25)21(27)15-29-20-9-8-19(23)18-3-2-10-24-22(18)20/h2-10H,11-15H2,1H3. The van der Waals surface area contributed by atoms with Crippen LogP contribution >= 0.6 is 11.6 Å². The van der Waals surface area contributed by atoms with Gasteiger partial charge in [-0.25, -0.2) is 0 Å². The van der Waals surface area contributed by atoms with Gasteiger partial charge >= 0.3 is 0 Å². The predicted octanol–water partition coefficient (Wildman–Crippen LogP) is 3.62. The maximum atomic E-state index is 12.6. The molecule has 0 spiro atoms. The van der Waals surface area contributed by atoms with Crippen LogP contribution in [0, 0.1) is 0 Å². The number of amides is 1. The van der Waals surface area contributed by atoms with Gasteiger partial charge in [-0.15, -0.1) is 0 Å². The molecule has 0 radical (unpaired) electrons. The van der Waals surface area contributed by atoms with E-state index in [2.05, 4.69) is 9.88 Å². The molecule has 7 heteroatoms. The van der Waals surface area contributed by atoms with E-state index in [0.717, 1.165) is 29.9 Å². The Balaban J connectivity index is 1.34. The first kappa shape index (κ1) is 19.3. The third kappa shape index (κ3) is 4.22. The summed E-state index contributed by atoms with van der Waals surface area (Å²) in [4.78, 5) is 21.1. The molecule has 1 aliphatic heterocycles. The molecule has 2 heterocycles. The second-order valence-electron chi connectivity index (χ2n) is 6.80. The van der Waals surface area contributed by atoms with E-state index in [1.165, 1.54) is 0 Å². The molecule has 1 aromatic heterocycles. The van der Waals surface area contributed by atoms with Crippen LogP contribution in [0.25, 0.3) is 10.9 Å². The Kier molecular flexibility index (Phi) is 5.71. The normalized spacial score (nSPS) is 14.1. The molecule has 0 saturated carbocycles. The van der Waals surface area contributed by atoms with Crippen molar-refractivity contribution in [3.8, 4) is 11.5 Å². The second-order valence-corrected chi connectivity index (χ2v) is 7.21. The minimum absolute atomic E-state index is 0.0180. The molecule has 6 nitrogen and oxygen atoms in total. The van der Waals surface area contributed by atoms with Crippen LogP contribution in [-0.2, 0) is 4.79 Å². The van der Waals surface area contributed by atoms with Crippen molar-refractivity contribution in [3.05, 3.63) is 59.8 Å². The van der Waals surface area contributed by atoms with Gasteiger partial charge in [0.25, 0.3) is 5.91 Å². The van der Waals surface area contributed by atoms with E-state index in [0.29, 0.717) is 29.4 Å². The van der Waals surface area contributed by atoms with Gasteiger partial charge in [-0.2, -0.15) is 0 Å². The molecule has 0 unspecified atom stereocenters. The number of halogens is 1. The lowest BCUT2D eigenvalue weighted by Gasteiger charge is -2.36. The Labute approximate surface area is 174 Å². The molecule has 1 saturated heterocycles. The van der Waals surface area contributed by atoms with Gasteiger partial charge in [-0.05, 0) is 48.5 Å². The van der Waals surface area contributed by atoms with Crippen molar-refractivity contribution in [3.63, 3.8) is 0 Å². The molecule has 1 fully saturated rings. The number of pyridine rings is 1. The number of fused-ring (bicyclic) bond motifs is 1. The molecule has 2 aromatic carbocycles. The molecular weight excluding hydrogens is 390 g/mol. The van der Waals surface area contributed by atoms with Gasteiger partial charge in [0.05, 0.1) is 12.1 Å². The van der Waals surface area contributed by atoms with Crippen molar-refractivity contribution in [2.24, 2.45) is 0 Å². The fourth-order valence-electron chi connectivity index (χ4n) is 3.47. The van der Waals surface area contributed by atoms with Gasteiger partial charge in [0.2, 0.25) is 0 Å². The highest BCUT2D eigenvalue weighted by Gasteiger charge is 2.22. The van der Waals surface area contributed by atoms with Crippen LogP contribution in [0.2, 0.25) is 5.02 Å². The molecule has 0 atom stereocenters. The van der Waals surface area contributed by atoms with Crippen LogP contribution in [0.3, 0.4) is 0 Å². The number of carbonyl (C=O) groups excluding carboxylic acids is 1. The van der Waals surface area contributed by atoms with Crippen molar-refractivity contribution in [1.29, 1.82) is 0 Å². The van der Waals surface area contributed by atoms with Crippen molar-refractivity contribution >= 4 is 34.1 Å². The highest BCUT2D eigenvalue weighted by Crippen LogP contribution is 2.29. The van der Waals surface area contributed by atoms with Crippen LogP contribution in [0.1, 0.15) is 0 Å². The fourth-order valence-corrected chi connectivity index (χ4v) is 3.68. The number of piperazine rings is 1. The molecular formula is C22H22ClN3O3. The molecule has 0 aliphatic carbocycles. The number of nitrogens with zero attached hydrogens (tertiary/aromatic N) is 3. The molecule has 0 N–H and O–H groups in total. The Morgan fingerprint density at radius 1 is 1.07 bits per heavy atom. The molecule has 1 amide bonds. The number of anilines is 1. The van der Waals surface area contributed by atoms with Gasteiger partial charge < -0.3 is 19.3 Å². The summed E-state index contributed by atoms with van der Waals surface area (Å²) in [7, 11) is 1.66. The maximum absolute atomic E-state index is 12.6. The summed E-state index contributed by atoms with van der Waals surface area (Å²) < 4.78 is 11.0. The number of benzene rings is 2. The lowest BCUT2D eigenvalue weighted by molar-refractivity contribution is -0.133. The van der Waals surface area contributed by atoms with Gasteiger partial charge in [0, 0.05) is 43.4 Å². The number of rotatable bonds is 5. The zero-order valence-electron chi connectivity index (χ0n) is 16.2. The first-order valence-corrected chi connectivity index (χ1v) is 9.86. The number of hydrogen-bond acceptors (Lipinski definition) is 5. The topological polar surface area (TPSA) is 54.9 Å². The number of methoxy groups -OCH3 is 1. The van der Waals surface area contributed by atoms with Crippen molar-refractivity contribution < 1.29 is 14.3 Å². The lowest BCUT2D eigenvalue weighted by atomic mass is 10.2. The average Bonchev–Trinajstić information content (AvgIpc) is 2.79. The van der Waals surface area contributed by atoms with E-state index in [9.17, 15) is 4.79 Å². The van der Waals surface area contributed by atoms with Crippen LogP contribution in [-0.4, -0.2) is 55.7 Å². The number of aromatic nitrogens is 1. The molecule has 1 aliphatic rings. The van der Waals surface area contributed by atoms with E-state index in [-0.39, 0.29) is 12.5 Å². The summed E-state index contributed by atoms with van der Waals surface area (Å²) in [6.45, 7) is 2.87. The third-order valence-corrected chi connectivity index (χ3v) is 5.43. The van der Waals surface area contributed by atoms with Crippen LogP contribution in [0.4, 0.5) is 5.69 Å². The largest absolute Gasteiger partial charge is 0.497 e. The summed E-state index contributed by atoms with van der Waals surface area (Å²) in [6.07, 6.45) is 1.69. The Morgan fingerprint density at radius 2 is 1.83 bits per heavy atom. The zero-order valence-corrected chi connectivity index (χ0v) is 16.9. The minimum Gasteiger partial charge on any atom is -0.497 e. The lowest BCUT2D eigenvalue weighted by Crippen LogP contribution is -2.50. The molecule has 29 heavy (non-hydrogen) atoms. The first-order valence-electron chi connectivity index (χ1n) is 9.48. The van der Waals surface area contributed by atoms with Gasteiger partial charge in [0.15, 0.2) is 6.61 Å². The second kappa shape index (κ2) is 8.57. The Bertz CT molecular complexity index is 1000. The van der Waals surface area contributed by atoms with Gasteiger partial charge in [-0.1, -0.05) is 11.6 Å². The number of hydrogen-bond donors (Lipinski definition) is 0. The molecule has 150 valence electrons. The Morgan fingerprint density at radius 3 is 2.55 bits per heavy atom. The Hall–Kier alpha value is -2.99. The van der Waals surface area contributed by atoms with Gasteiger partial charge in [-0.3, -0.25) is 9.78 Å². The highest BCUT2D eigenvalue weighted by atomic mass is 35.5. The summed E-state index contributed by atoms with van der Waals surface area (Å²) in [6, 6.07) is 15.2.